The van der Waals surface area contributed by atoms with Crippen molar-refractivity contribution in [1.82, 2.24) is 4.90 Å². The van der Waals surface area contributed by atoms with E-state index in [0.29, 0.717) is 0 Å². The van der Waals surface area contributed by atoms with Gasteiger partial charge in [0.05, 0.1) is 0 Å². The molecule has 0 aromatic heterocycles. The van der Waals surface area contributed by atoms with Crippen LogP contribution < -0.4 is 0 Å². The summed E-state index contributed by atoms with van der Waals surface area (Å²) in [5.74, 6) is 0.785. The highest BCUT2D eigenvalue weighted by Gasteiger charge is 1.94. The van der Waals surface area contributed by atoms with Gasteiger partial charge in [-0.2, -0.15) is 0 Å². The van der Waals surface area contributed by atoms with E-state index in [1.54, 1.807) is 6.21 Å². The average Bonchev–Trinajstić information content (AvgIpc) is 1.77. The smallest absolute Gasteiger partial charge is 0.124 e. The van der Waals surface area contributed by atoms with E-state index in [0.717, 1.165) is 5.82 Å². The van der Waals surface area contributed by atoms with Gasteiger partial charge in [0.25, 0.3) is 0 Å². The Balaban J connectivity index is 2.74. The van der Waals surface area contributed by atoms with Gasteiger partial charge in [0.2, 0.25) is 0 Å². The van der Waals surface area contributed by atoms with Gasteiger partial charge in [-0.3, -0.25) is 0 Å². The van der Waals surface area contributed by atoms with Crippen LogP contribution >= 0.6 is 0 Å². The van der Waals surface area contributed by atoms with Gasteiger partial charge < -0.3 is 4.90 Å². The van der Waals surface area contributed by atoms with Crippen molar-refractivity contribution in [2.75, 3.05) is 7.05 Å². The second-order valence-corrected chi connectivity index (χ2v) is 1.65. The third-order valence-corrected chi connectivity index (χ3v) is 1.03. The van der Waals surface area contributed by atoms with E-state index in [4.69, 9.17) is 0 Å². The topological polar surface area (TPSA) is 15.6 Å². The molecule has 0 amide bonds. The highest BCUT2D eigenvalue weighted by atomic mass is 15.2. The largest absolute Gasteiger partial charge is 0.337 e. The van der Waals surface area contributed by atoms with Crippen LogP contribution in [-0.4, -0.2) is 18.2 Å². The number of nitrogens with zero attached hydrogens (tertiary/aromatic N) is 2. The molecular weight excluding hydrogens is 100 g/mol. The molecule has 0 spiro atoms. The monoisotopic (exact) mass is 108 g/mol. The summed E-state index contributed by atoms with van der Waals surface area (Å²) in [5, 5.41) is 0. The summed E-state index contributed by atoms with van der Waals surface area (Å²) in [7, 11) is 1.91. The zero-order valence-electron chi connectivity index (χ0n) is 4.83. The van der Waals surface area contributed by atoms with E-state index in [1.807, 2.05) is 24.2 Å². The van der Waals surface area contributed by atoms with Crippen molar-refractivity contribution in [2.24, 2.45) is 4.99 Å². The van der Waals surface area contributed by atoms with Crippen LogP contribution in [0.3, 0.4) is 0 Å². The van der Waals surface area contributed by atoms with Crippen LogP contribution in [0.5, 0.6) is 0 Å². The molecule has 8 heavy (non-hydrogen) atoms. The maximum Gasteiger partial charge on any atom is 0.124 e. The summed E-state index contributed by atoms with van der Waals surface area (Å²) >= 11 is 0. The Bertz CT molecular complexity index is 156. The van der Waals surface area contributed by atoms with Gasteiger partial charge in [-0.1, -0.05) is 6.58 Å². The summed E-state index contributed by atoms with van der Waals surface area (Å²) < 4.78 is 0. The molecule has 0 bridgehead atoms. The molecule has 1 rings (SSSR count). The average molecular weight is 108 g/mol. The molecule has 0 unspecified atom stereocenters. The maximum absolute atomic E-state index is 3.93. The van der Waals surface area contributed by atoms with Crippen LogP contribution in [0.2, 0.25) is 0 Å². The molecule has 0 N–H and O–H groups in total. The van der Waals surface area contributed by atoms with Crippen molar-refractivity contribution in [2.45, 2.75) is 0 Å². The highest BCUT2D eigenvalue weighted by molar-refractivity contribution is 5.73. The van der Waals surface area contributed by atoms with E-state index in [2.05, 4.69) is 11.6 Å². The Hall–Kier alpha value is -1.05. The van der Waals surface area contributed by atoms with Crippen molar-refractivity contribution >= 4 is 6.21 Å². The van der Waals surface area contributed by atoms with Crippen LogP contribution in [-0.2, 0) is 0 Å². The summed E-state index contributed by atoms with van der Waals surface area (Å²) in [5.41, 5.74) is 0. The lowest BCUT2D eigenvalue weighted by molar-refractivity contribution is 0.562. The number of aliphatic imine (C=N–C) groups is 1. The Morgan fingerprint density at radius 1 is 1.75 bits per heavy atom. The molecule has 1 aliphatic heterocycles. The molecule has 1 heterocycles. The van der Waals surface area contributed by atoms with Gasteiger partial charge in [-0.15, -0.1) is 0 Å². The Morgan fingerprint density at radius 3 is 2.88 bits per heavy atom. The molecule has 0 saturated carbocycles. The fourth-order valence-corrected chi connectivity index (χ4v) is 0.474. The molecule has 0 atom stereocenters. The van der Waals surface area contributed by atoms with Crippen molar-refractivity contribution in [3.8, 4) is 0 Å². The van der Waals surface area contributed by atoms with Crippen LogP contribution in [0.1, 0.15) is 0 Å². The van der Waals surface area contributed by atoms with E-state index < -0.39 is 0 Å². The van der Waals surface area contributed by atoms with Crippen LogP contribution in [0, 0.1) is 0 Å². The normalized spacial score (nSPS) is 17.6. The summed E-state index contributed by atoms with van der Waals surface area (Å²) in [6.07, 6.45) is 5.51. The standard InChI is InChI=1S/C6H8N2/c1-6-7-4-3-5-8(6)2/h3-5H,1H2,2H3. The quantitative estimate of drug-likeness (QED) is 0.451. The second-order valence-electron chi connectivity index (χ2n) is 1.65. The predicted molar refractivity (Wildman–Crippen MR) is 34.5 cm³/mol. The Morgan fingerprint density at radius 2 is 2.50 bits per heavy atom. The molecule has 0 aliphatic carbocycles. The van der Waals surface area contributed by atoms with Crippen LogP contribution in [0.15, 0.2) is 29.7 Å². The molecule has 2 heteroatoms. The van der Waals surface area contributed by atoms with E-state index in [1.165, 1.54) is 0 Å². The third-order valence-electron chi connectivity index (χ3n) is 1.03. The van der Waals surface area contributed by atoms with E-state index in [9.17, 15) is 0 Å². The van der Waals surface area contributed by atoms with Crippen LogP contribution in [0.4, 0.5) is 0 Å². The van der Waals surface area contributed by atoms with Gasteiger partial charge in [0.15, 0.2) is 0 Å². The number of hydrogen-bond acceptors (Lipinski definition) is 2. The molecule has 1 aliphatic rings. The molecule has 0 aromatic carbocycles. The second kappa shape index (κ2) is 1.82. The SMILES string of the molecule is C=C1N=CC=CN1C. The third kappa shape index (κ3) is 0.780. The summed E-state index contributed by atoms with van der Waals surface area (Å²) in [6, 6.07) is 0. The fourth-order valence-electron chi connectivity index (χ4n) is 0.474. The minimum Gasteiger partial charge on any atom is -0.337 e. The lowest BCUT2D eigenvalue weighted by atomic mass is 10.5. The first-order chi connectivity index (χ1) is 3.80. The summed E-state index contributed by atoms with van der Waals surface area (Å²) in [6.45, 7) is 3.67. The number of hydrogen-bond donors (Lipinski definition) is 0. The summed E-state index contributed by atoms with van der Waals surface area (Å²) in [4.78, 5) is 5.79. The minimum atomic E-state index is 0.785. The van der Waals surface area contributed by atoms with Crippen molar-refractivity contribution in [1.29, 1.82) is 0 Å². The first-order valence-corrected chi connectivity index (χ1v) is 2.43. The van der Waals surface area contributed by atoms with Gasteiger partial charge in [0.1, 0.15) is 5.82 Å². The Kier molecular flexibility index (Phi) is 1.16. The molecule has 2 nitrogen and oxygen atoms in total. The number of rotatable bonds is 0. The van der Waals surface area contributed by atoms with Gasteiger partial charge in [-0.25, -0.2) is 4.99 Å². The molecule has 0 radical (unpaired) electrons. The molecular formula is C6H8N2. The lowest BCUT2D eigenvalue weighted by Gasteiger charge is -2.14. The predicted octanol–water partition coefficient (Wildman–Crippen LogP) is 0.988. The highest BCUT2D eigenvalue weighted by Crippen LogP contribution is 2.02. The molecule has 0 saturated heterocycles. The lowest BCUT2D eigenvalue weighted by Crippen LogP contribution is -2.09. The van der Waals surface area contributed by atoms with Crippen LogP contribution in [0.25, 0.3) is 0 Å². The Labute approximate surface area is 48.8 Å². The van der Waals surface area contributed by atoms with Crippen molar-refractivity contribution < 1.29 is 0 Å². The van der Waals surface area contributed by atoms with E-state index in [-0.39, 0.29) is 0 Å². The van der Waals surface area contributed by atoms with Crippen molar-refractivity contribution in [3.63, 3.8) is 0 Å². The first-order valence-electron chi connectivity index (χ1n) is 2.43. The zero-order valence-corrected chi connectivity index (χ0v) is 4.83. The first kappa shape index (κ1) is 5.09. The zero-order chi connectivity index (χ0) is 5.98. The van der Waals surface area contributed by atoms with E-state index >= 15 is 0 Å². The number of allylic oxidation sites excluding steroid dienone is 1. The molecule has 0 aromatic rings. The van der Waals surface area contributed by atoms with Gasteiger partial charge in [0, 0.05) is 19.5 Å². The van der Waals surface area contributed by atoms with Crippen molar-refractivity contribution in [3.05, 3.63) is 24.7 Å². The van der Waals surface area contributed by atoms with Gasteiger partial charge >= 0.3 is 0 Å². The maximum atomic E-state index is 3.93. The molecule has 42 valence electrons. The fraction of sp³-hybridized carbons (Fsp3) is 0.167. The minimum absolute atomic E-state index is 0.785. The molecule has 0 fully saturated rings. The van der Waals surface area contributed by atoms with Gasteiger partial charge in [-0.05, 0) is 6.08 Å².